The van der Waals surface area contributed by atoms with E-state index < -0.39 is 6.10 Å². The molecule has 0 aromatic heterocycles. The summed E-state index contributed by atoms with van der Waals surface area (Å²) in [5.41, 5.74) is 2.17. The molecule has 2 aromatic carbocycles. The van der Waals surface area contributed by atoms with Crippen LogP contribution in [-0.2, 0) is 4.79 Å². The molecule has 0 saturated carbocycles. The summed E-state index contributed by atoms with van der Waals surface area (Å²) in [6.07, 6.45) is -1.02. The first-order chi connectivity index (χ1) is 12.1. The van der Waals surface area contributed by atoms with Gasteiger partial charge in [-0.1, -0.05) is 30.3 Å². The molecule has 5 nitrogen and oxygen atoms in total. The van der Waals surface area contributed by atoms with Crippen molar-refractivity contribution in [2.24, 2.45) is 0 Å². The number of amides is 1. The third-order valence-electron chi connectivity index (χ3n) is 4.16. The molecule has 1 aliphatic rings. The third kappa shape index (κ3) is 3.87. The Morgan fingerprint density at radius 3 is 2.36 bits per heavy atom. The highest BCUT2D eigenvalue weighted by molar-refractivity contribution is 5.82. The normalized spacial score (nSPS) is 18.5. The predicted octanol–water partition coefficient (Wildman–Crippen LogP) is 3.03. The van der Waals surface area contributed by atoms with Crippen molar-refractivity contribution in [3.8, 4) is 17.2 Å². The first-order valence-electron chi connectivity index (χ1n) is 8.45. The Balaban J connectivity index is 1.51. The fourth-order valence-corrected chi connectivity index (χ4v) is 2.86. The Labute approximate surface area is 147 Å². The van der Waals surface area contributed by atoms with E-state index in [1.807, 2.05) is 57.2 Å². The summed E-state index contributed by atoms with van der Waals surface area (Å²) >= 11 is 0. The number of hydrogen-bond donors (Lipinski definition) is 1. The van der Waals surface area contributed by atoms with Crippen molar-refractivity contribution >= 4 is 5.91 Å². The quantitative estimate of drug-likeness (QED) is 0.850. The highest BCUT2D eigenvalue weighted by Gasteiger charge is 2.33. The zero-order valence-corrected chi connectivity index (χ0v) is 14.7. The number of para-hydroxylation sites is 3. The number of ether oxygens (including phenoxy) is 3. The number of fused-ring (bicyclic) bond motifs is 1. The Morgan fingerprint density at radius 1 is 1.04 bits per heavy atom. The summed E-state index contributed by atoms with van der Waals surface area (Å²) in [5.74, 6) is 1.92. The van der Waals surface area contributed by atoms with Gasteiger partial charge in [-0.3, -0.25) is 4.79 Å². The minimum absolute atomic E-state index is 0.202. The van der Waals surface area contributed by atoms with Crippen LogP contribution in [0.1, 0.15) is 18.1 Å². The van der Waals surface area contributed by atoms with E-state index in [1.165, 1.54) is 0 Å². The molecule has 0 radical (unpaired) electrons. The summed E-state index contributed by atoms with van der Waals surface area (Å²) in [5, 5.41) is 2.85. The minimum Gasteiger partial charge on any atom is -0.491 e. The SMILES string of the molecule is Cc1cccc(C)c1OCCNC(=O)[C@@H]1Oc2ccccc2O[C@@H]1C. The van der Waals surface area contributed by atoms with Crippen molar-refractivity contribution in [2.45, 2.75) is 33.0 Å². The first-order valence-corrected chi connectivity index (χ1v) is 8.45. The second-order valence-corrected chi connectivity index (χ2v) is 6.17. The van der Waals surface area contributed by atoms with E-state index in [1.54, 1.807) is 6.07 Å². The van der Waals surface area contributed by atoms with Gasteiger partial charge in [-0.25, -0.2) is 0 Å². The topological polar surface area (TPSA) is 56.8 Å². The molecule has 2 aromatic rings. The second kappa shape index (κ2) is 7.47. The van der Waals surface area contributed by atoms with Crippen LogP contribution in [0.4, 0.5) is 0 Å². The molecule has 1 heterocycles. The van der Waals surface area contributed by atoms with Crippen molar-refractivity contribution in [3.05, 3.63) is 53.6 Å². The molecule has 0 aliphatic carbocycles. The molecule has 1 N–H and O–H groups in total. The van der Waals surface area contributed by atoms with Gasteiger partial charge in [0.05, 0.1) is 6.54 Å². The number of rotatable bonds is 5. The second-order valence-electron chi connectivity index (χ2n) is 6.17. The van der Waals surface area contributed by atoms with Crippen LogP contribution in [0, 0.1) is 13.8 Å². The van der Waals surface area contributed by atoms with E-state index >= 15 is 0 Å². The number of nitrogens with one attached hydrogen (secondary N) is 1. The van der Waals surface area contributed by atoms with Gasteiger partial charge in [0.25, 0.3) is 5.91 Å². The van der Waals surface area contributed by atoms with Crippen LogP contribution < -0.4 is 19.5 Å². The molecule has 0 unspecified atom stereocenters. The van der Waals surface area contributed by atoms with Gasteiger partial charge in [0.1, 0.15) is 18.5 Å². The maximum atomic E-state index is 12.4. The fraction of sp³-hybridized carbons (Fsp3) is 0.350. The molecule has 3 rings (SSSR count). The Kier molecular flexibility index (Phi) is 5.12. The Morgan fingerprint density at radius 2 is 1.68 bits per heavy atom. The van der Waals surface area contributed by atoms with Crippen LogP contribution >= 0.6 is 0 Å². The van der Waals surface area contributed by atoms with E-state index in [0.717, 1.165) is 16.9 Å². The number of carbonyl (C=O) groups is 1. The van der Waals surface area contributed by atoms with Crippen LogP contribution in [0.2, 0.25) is 0 Å². The maximum absolute atomic E-state index is 12.4. The predicted molar refractivity (Wildman–Crippen MR) is 95.4 cm³/mol. The number of aryl methyl sites for hydroxylation is 2. The highest BCUT2D eigenvalue weighted by Crippen LogP contribution is 2.33. The highest BCUT2D eigenvalue weighted by atomic mass is 16.6. The van der Waals surface area contributed by atoms with Crippen molar-refractivity contribution in [1.29, 1.82) is 0 Å². The van der Waals surface area contributed by atoms with Crippen molar-refractivity contribution < 1.29 is 19.0 Å². The molecule has 0 fully saturated rings. The smallest absolute Gasteiger partial charge is 0.265 e. The number of carbonyl (C=O) groups excluding carboxylic acids is 1. The monoisotopic (exact) mass is 341 g/mol. The largest absolute Gasteiger partial charge is 0.491 e. The van der Waals surface area contributed by atoms with Gasteiger partial charge in [-0.2, -0.15) is 0 Å². The van der Waals surface area contributed by atoms with Gasteiger partial charge in [0, 0.05) is 0 Å². The Hall–Kier alpha value is -2.69. The lowest BCUT2D eigenvalue weighted by Crippen LogP contribution is -2.49. The minimum atomic E-state index is -0.671. The molecule has 1 amide bonds. The molecule has 0 saturated heterocycles. The van der Waals surface area contributed by atoms with E-state index in [4.69, 9.17) is 14.2 Å². The van der Waals surface area contributed by atoms with Crippen LogP contribution in [0.5, 0.6) is 17.2 Å². The van der Waals surface area contributed by atoms with Gasteiger partial charge in [0.2, 0.25) is 6.10 Å². The summed E-state index contributed by atoms with van der Waals surface area (Å²) in [6.45, 7) is 6.64. The molecular formula is C20H23NO4. The lowest BCUT2D eigenvalue weighted by Gasteiger charge is -2.31. The number of hydrogen-bond acceptors (Lipinski definition) is 4. The molecule has 25 heavy (non-hydrogen) atoms. The van der Waals surface area contributed by atoms with Crippen LogP contribution in [-0.4, -0.2) is 31.3 Å². The van der Waals surface area contributed by atoms with Gasteiger partial charge in [-0.05, 0) is 44.0 Å². The van der Waals surface area contributed by atoms with Gasteiger partial charge in [-0.15, -0.1) is 0 Å². The number of benzene rings is 2. The van der Waals surface area contributed by atoms with E-state index in [0.29, 0.717) is 24.7 Å². The maximum Gasteiger partial charge on any atom is 0.265 e. The molecule has 1 aliphatic heterocycles. The summed E-state index contributed by atoms with van der Waals surface area (Å²) in [7, 11) is 0. The van der Waals surface area contributed by atoms with Crippen LogP contribution in [0.3, 0.4) is 0 Å². The fourth-order valence-electron chi connectivity index (χ4n) is 2.86. The van der Waals surface area contributed by atoms with Crippen LogP contribution in [0.25, 0.3) is 0 Å². The molecule has 132 valence electrons. The average molecular weight is 341 g/mol. The third-order valence-corrected chi connectivity index (χ3v) is 4.16. The lowest BCUT2D eigenvalue weighted by molar-refractivity contribution is -0.133. The lowest BCUT2D eigenvalue weighted by atomic mass is 10.1. The zero-order chi connectivity index (χ0) is 17.8. The summed E-state index contributed by atoms with van der Waals surface area (Å²) in [4.78, 5) is 12.4. The van der Waals surface area contributed by atoms with Gasteiger partial charge in [0.15, 0.2) is 11.5 Å². The molecule has 2 atom stereocenters. The molecule has 5 heteroatoms. The van der Waals surface area contributed by atoms with E-state index in [-0.39, 0.29) is 12.0 Å². The summed E-state index contributed by atoms with van der Waals surface area (Å²) in [6, 6.07) is 13.4. The summed E-state index contributed by atoms with van der Waals surface area (Å²) < 4.78 is 17.3. The van der Waals surface area contributed by atoms with Gasteiger partial charge >= 0.3 is 0 Å². The van der Waals surface area contributed by atoms with Crippen molar-refractivity contribution in [2.75, 3.05) is 13.2 Å². The van der Waals surface area contributed by atoms with E-state index in [9.17, 15) is 4.79 Å². The standard InChI is InChI=1S/C20H23NO4/c1-13-7-6-8-14(2)18(13)23-12-11-21-20(22)19-15(3)24-16-9-4-5-10-17(16)25-19/h4-10,15,19H,11-12H2,1-3H3,(H,21,22)/t15-,19-/m1/s1. The zero-order valence-electron chi connectivity index (χ0n) is 14.7. The molecule has 0 bridgehead atoms. The first kappa shape index (κ1) is 17.1. The average Bonchev–Trinajstić information content (AvgIpc) is 2.60. The molecular weight excluding hydrogens is 318 g/mol. The molecule has 0 spiro atoms. The Bertz CT molecular complexity index is 739. The van der Waals surface area contributed by atoms with Gasteiger partial charge < -0.3 is 19.5 Å². The van der Waals surface area contributed by atoms with Crippen molar-refractivity contribution in [3.63, 3.8) is 0 Å². The van der Waals surface area contributed by atoms with Crippen LogP contribution in [0.15, 0.2) is 42.5 Å². The van der Waals surface area contributed by atoms with E-state index in [2.05, 4.69) is 5.32 Å². The van der Waals surface area contributed by atoms with Crippen molar-refractivity contribution in [1.82, 2.24) is 5.32 Å².